The molecule has 0 saturated carbocycles. The summed E-state index contributed by atoms with van der Waals surface area (Å²) in [5.74, 6) is -0.151. The van der Waals surface area contributed by atoms with Crippen molar-refractivity contribution in [2.45, 2.75) is 45.4 Å². The van der Waals surface area contributed by atoms with Crippen LogP contribution in [0, 0.1) is 0 Å². The molecule has 46 heavy (non-hydrogen) atoms. The molecule has 0 atom stereocenters. The fraction of sp³-hybridized carbons (Fsp3) is 0.969. The zero-order valence-electron chi connectivity index (χ0n) is 28.4. The molecular weight excluding hydrogens is 611 g/mol. The largest absolute Gasteiger partial charge is 0.463 e. The molecule has 0 spiro atoms. The normalized spacial score (nSPS) is 11.4. The SMILES string of the molecule is CCCCCCCC(=O)OCCOCCOCCOCCOCCOCCOCCOCCOCCOCCOCCOCCF. The number of rotatable bonds is 41. The quantitative estimate of drug-likeness (QED) is 0.0697. The van der Waals surface area contributed by atoms with Gasteiger partial charge in [-0.05, 0) is 6.42 Å². The molecule has 0 bridgehead atoms. The Labute approximate surface area is 276 Å². The molecule has 0 unspecified atom stereocenters. The molecule has 0 aromatic rings. The van der Waals surface area contributed by atoms with E-state index in [9.17, 15) is 9.18 Å². The highest BCUT2D eigenvalue weighted by Gasteiger charge is 2.02. The highest BCUT2D eigenvalue weighted by atomic mass is 19.1. The maximum Gasteiger partial charge on any atom is 0.305 e. The minimum absolute atomic E-state index is 0.111. The molecule has 0 N–H and O–H groups in total. The summed E-state index contributed by atoms with van der Waals surface area (Å²) in [6.45, 7) is 12.0. The topological polar surface area (TPSA) is 128 Å². The van der Waals surface area contributed by atoms with E-state index in [1.54, 1.807) is 0 Å². The van der Waals surface area contributed by atoms with Gasteiger partial charge in [0.05, 0.1) is 145 Å². The van der Waals surface area contributed by atoms with E-state index in [0.717, 1.165) is 12.8 Å². The van der Waals surface area contributed by atoms with Gasteiger partial charge in [0.2, 0.25) is 0 Å². The van der Waals surface area contributed by atoms with E-state index >= 15 is 0 Å². The monoisotopic (exact) mass is 674 g/mol. The third-order valence-corrected chi connectivity index (χ3v) is 5.92. The van der Waals surface area contributed by atoms with E-state index in [2.05, 4.69) is 6.92 Å². The van der Waals surface area contributed by atoms with Gasteiger partial charge in [0.1, 0.15) is 13.3 Å². The van der Waals surface area contributed by atoms with Crippen LogP contribution >= 0.6 is 0 Å². The summed E-state index contributed by atoms with van der Waals surface area (Å²) in [5, 5.41) is 0. The van der Waals surface area contributed by atoms with Crippen LogP contribution < -0.4 is 0 Å². The highest BCUT2D eigenvalue weighted by molar-refractivity contribution is 5.69. The number of carbonyl (C=O) groups is 1. The van der Waals surface area contributed by atoms with Gasteiger partial charge >= 0.3 is 5.97 Å². The molecule has 0 fully saturated rings. The zero-order chi connectivity index (χ0) is 33.3. The Morgan fingerprint density at radius 2 is 0.630 bits per heavy atom. The van der Waals surface area contributed by atoms with E-state index in [0.29, 0.717) is 145 Å². The summed E-state index contributed by atoms with van der Waals surface area (Å²) >= 11 is 0. The first-order chi connectivity index (χ1) is 22.8. The second kappa shape index (κ2) is 42.0. The lowest BCUT2D eigenvalue weighted by Gasteiger charge is -2.09. The van der Waals surface area contributed by atoms with Crippen molar-refractivity contribution in [2.75, 3.05) is 159 Å². The van der Waals surface area contributed by atoms with Crippen LogP contribution in [0.25, 0.3) is 0 Å². The molecule has 14 heteroatoms. The van der Waals surface area contributed by atoms with Crippen LogP contribution in [0.3, 0.4) is 0 Å². The van der Waals surface area contributed by atoms with E-state index in [-0.39, 0.29) is 19.2 Å². The van der Waals surface area contributed by atoms with Crippen molar-refractivity contribution in [3.63, 3.8) is 0 Å². The minimum atomic E-state index is -0.477. The van der Waals surface area contributed by atoms with Gasteiger partial charge in [-0.3, -0.25) is 4.79 Å². The van der Waals surface area contributed by atoms with Gasteiger partial charge in [-0.25, -0.2) is 4.39 Å². The van der Waals surface area contributed by atoms with Crippen LogP contribution in [0.4, 0.5) is 4.39 Å². The predicted molar refractivity (Wildman–Crippen MR) is 169 cm³/mol. The number of ether oxygens (including phenoxy) is 12. The average Bonchev–Trinajstić information content (AvgIpc) is 3.06. The van der Waals surface area contributed by atoms with Gasteiger partial charge in [-0.1, -0.05) is 32.6 Å². The van der Waals surface area contributed by atoms with E-state index < -0.39 is 6.67 Å². The Hall–Kier alpha value is -1.04. The van der Waals surface area contributed by atoms with Crippen molar-refractivity contribution in [2.24, 2.45) is 0 Å². The molecule has 0 radical (unpaired) electrons. The number of carbonyl (C=O) groups excluding carboxylic acids is 1. The molecule has 0 aliphatic heterocycles. The first-order valence-corrected chi connectivity index (χ1v) is 16.9. The van der Waals surface area contributed by atoms with Gasteiger partial charge < -0.3 is 56.8 Å². The Morgan fingerprint density at radius 1 is 0.370 bits per heavy atom. The van der Waals surface area contributed by atoms with Crippen LogP contribution in [0.15, 0.2) is 0 Å². The highest BCUT2D eigenvalue weighted by Crippen LogP contribution is 2.05. The third-order valence-electron chi connectivity index (χ3n) is 5.92. The van der Waals surface area contributed by atoms with Crippen molar-refractivity contribution in [1.82, 2.24) is 0 Å². The molecule has 0 amide bonds. The number of hydrogen-bond acceptors (Lipinski definition) is 13. The van der Waals surface area contributed by atoms with Gasteiger partial charge in [-0.15, -0.1) is 0 Å². The maximum absolute atomic E-state index is 11.8. The summed E-state index contributed by atoms with van der Waals surface area (Å²) in [4.78, 5) is 11.6. The lowest BCUT2D eigenvalue weighted by Crippen LogP contribution is -2.15. The Bertz CT molecular complexity index is 578. The predicted octanol–water partition coefficient (Wildman–Crippen LogP) is 3.04. The van der Waals surface area contributed by atoms with Gasteiger partial charge in [0.15, 0.2) is 0 Å². The van der Waals surface area contributed by atoms with Crippen molar-refractivity contribution in [3.05, 3.63) is 0 Å². The Kier molecular flexibility index (Phi) is 41.0. The number of esters is 1. The minimum Gasteiger partial charge on any atom is -0.463 e. The molecule has 0 rings (SSSR count). The zero-order valence-corrected chi connectivity index (χ0v) is 28.4. The summed E-state index contributed by atoms with van der Waals surface area (Å²) in [7, 11) is 0. The summed E-state index contributed by atoms with van der Waals surface area (Å²) in [6, 6.07) is 0. The third kappa shape index (κ3) is 41.0. The van der Waals surface area contributed by atoms with Gasteiger partial charge in [0, 0.05) is 6.42 Å². The maximum atomic E-state index is 11.8. The van der Waals surface area contributed by atoms with Crippen LogP contribution in [0.1, 0.15) is 45.4 Å². The van der Waals surface area contributed by atoms with Crippen LogP contribution in [0.2, 0.25) is 0 Å². The molecule has 276 valence electrons. The van der Waals surface area contributed by atoms with Crippen molar-refractivity contribution < 1.29 is 66.0 Å². The summed E-state index contributed by atoms with van der Waals surface area (Å²) in [5.41, 5.74) is 0. The second-order valence-electron chi connectivity index (χ2n) is 9.81. The molecule has 0 aliphatic rings. The van der Waals surface area contributed by atoms with Crippen molar-refractivity contribution >= 4 is 5.97 Å². The lowest BCUT2D eigenvalue weighted by atomic mass is 10.1. The average molecular weight is 675 g/mol. The van der Waals surface area contributed by atoms with Crippen LogP contribution in [-0.2, 0) is 61.6 Å². The number of hydrogen-bond donors (Lipinski definition) is 0. The number of alkyl halides is 1. The Morgan fingerprint density at radius 3 is 0.913 bits per heavy atom. The van der Waals surface area contributed by atoms with Crippen molar-refractivity contribution in [3.8, 4) is 0 Å². The van der Waals surface area contributed by atoms with Gasteiger partial charge in [-0.2, -0.15) is 0 Å². The van der Waals surface area contributed by atoms with Crippen molar-refractivity contribution in [1.29, 1.82) is 0 Å². The summed E-state index contributed by atoms with van der Waals surface area (Å²) < 4.78 is 76.2. The smallest absolute Gasteiger partial charge is 0.305 e. The second-order valence-corrected chi connectivity index (χ2v) is 9.81. The molecule has 0 heterocycles. The Balaban J connectivity index is 3.08. The molecule has 0 aromatic heterocycles. The first-order valence-electron chi connectivity index (χ1n) is 16.9. The van der Waals surface area contributed by atoms with E-state index in [1.807, 2.05) is 0 Å². The van der Waals surface area contributed by atoms with E-state index in [1.165, 1.54) is 19.3 Å². The van der Waals surface area contributed by atoms with Crippen LogP contribution in [0.5, 0.6) is 0 Å². The fourth-order valence-corrected chi connectivity index (χ4v) is 3.52. The van der Waals surface area contributed by atoms with Gasteiger partial charge in [0.25, 0.3) is 0 Å². The standard InChI is InChI=1S/C32H63FO13/c1-2-3-4-5-6-7-32(34)46-31-30-45-29-28-44-27-26-43-25-24-42-23-22-41-21-20-40-19-18-39-17-16-38-15-14-37-13-12-36-11-10-35-9-8-33/h2-31H2,1H3. The number of unbranched alkanes of at least 4 members (excludes halogenated alkanes) is 4. The molecule has 0 aliphatic carbocycles. The lowest BCUT2D eigenvalue weighted by molar-refractivity contribution is -0.145. The van der Waals surface area contributed by atoms with E-state index in [4.69, 9.17) is 56.8 Å². The fourth-order valence-electron chi connectivity index (χ4n) is 3.52. The summed E-state index contributed by atoms with van der Waals surface area (Å²) in [6.07, 6.45) is 6.06. The first kappa shape index (κ1) is 45.0. The number of halogens is 1. The molecule has 0 saturated heterocycles. The molecular formula is C32H63FO13. The molecule has 13 nitrogen and oxygen atoms in total. The molecule has 0 aromatic carbocycles. The van der Waals surface area contributed by atoms with Crippen LogP contribution in [-0.4, -0.2) is 165 Å².